The molecule has 4 nitrogen and oxygen atoms in total. The maximum atomic E-state index is 11.8. The summed E-state index contributed by atoms with van der Waals surface area (Å²) in [7, 11) is 0. The summed E-state index contributed by atoms with van der Waals surface area (Å²) in [4.78, 5) is 16.0. The van der Waals surface area contributed by atoms with E-state index in [2.05, 4.69) is 27.8 Å². The van der Waals surface area contributed by atoms with Crippen molar-refractivity contribution in [3.05, 3.63) is 66.0 Å². The Morgan fingerprint density at radius 2 is 1.90 bits per heavy atom. The van der Waals surface area contributed by atoms with Crippen molar-refractivity contribution in [2.24, 2.45) is 0 Å². The van der Waals surface area contributed by atoms with Crippen molar-refractivity contribution in [2.45, 2.75) is 32.4 Å². The first-order chi connectivity index (χ1) is 10.2. The fourth-order valence-electron chi connectivity index (χ4n) is 2.05. The summed E-state index contributed by atoms with van der Waals surface area (Å²) in [5.41, 5.74) is 2.14. The highest BCUT2D eigenvalue weighted by molar-refractivity contribution is 5.74. The number of carbonyl (C=O) groups excluding carboxylic acids is 1. The highest BCUT2D eigenvalue weighted by Crippen LogP contribution is 2.04. The van der Waals surface area contributed by atoms with E-state index in [0.717, 1.165) is 18.5 Å². The number of hydrogen-bond acceptors (Lipinski definition) is 2. The van der Waals surface area contributed by atoms with Crippen molar-refractivity contribution in [1.29, 1.82) is 0 Å². The number of urea groups is 1. The van der Waals surface area contributed by atoms with Crippen molar-refractivity contribution in [3.8, 4) is 0 Å². The van der Waals surface area contributed by atoms with Crippen LogP contribution >= 0.6 is 0 Å². The number of hydrogen-bond donors (Lipinski definition) is 2. The molecule has 21 heavy (non-hydrogen) atoms. The van der Waals surface area contributed by atoms with E-state index < -0.39 is 0 Å². The van der Waals surface area contributed by atoms with Crippen LogP contribution < -0.4 is 10.6 Å². The molecule has 0 radical (unpaired) electrons. The number of benzene rings is 1. The third-order valence-electron chi connectivity index (χ3n) is 3.24. The summed E-state index contributed by atoms with van der Waals surface area (Å²) in [5.74, 6) is 0. The minimum atomic E-state index is -0.152. The van der Waals surface area contributed by atoms with Gasteiger partial charge in [-0.25, -0.2) is 4.79 Å². The fourth-order valence-corrected chi connectivity index (χ4v) is 2.05. The van der Waals surface area contributed by atoms with Crippen molar-refractivity contribution >= 4 is 6.03 Å². The highest BCUT2D eigenvalue weighted by Gasteiger charge is 2.07. The number of amides is 2. The average molecular weight is 283 g/mol. The Labute approximate surface area is 125 Å². The van der Waals surface area contributed by atoms with E-state index in [1.54, 1.807) is 6.20 Å². The van der Waals surface area contributed by atoms with E-state index in [1.165, 1.54) is 5.56 Å². The molecule has 0 spiro atoms. The SMILES string of the molecule is CC(CCc1ccccc1)NC(=O)NCc1ccccn1. The lowest BCUT2D eigenvalue weighted by Gasteiger charge is -2.14. The first-order valence-corrected chi connectivity index (χ1v) is 7.22. The minimum absolute atomic E-state index is 0.133. The van der Waals surface area contributed by atoms with Crippen LogP contribution in [0.25, 0.3) is 0 Å². The van der Waals surface area contributed by atoms with Gasteiger partial charge >= 0.3 is 6.03 Å². The number of rotatable bonds is 6. The van der Waals surface area contributed by atoms with Crippen molar-refractivity contribution in [2.75, 3.05) is 0 Å². The number of nitrogens with zero attached hydrogens (tertiary/aromatic N) is 1. The molecule has 0 bridgehead atoms. The van der Waals surface area contributed by atoms with Gasteiger partial charge in [0.05, 0.1) is 12.2 Å². The molecule has 2 N–H and O–H groups in total. The van der Waals surface area contributed by atoms with E-state index in [-0.39, 0.29) is 12.1 Å². The summed E-state index contributed by atoms with van der Waals surface area (Å²) in [6, 6.07) is 15.9. The largest absolute Gasteiger partial charge is 0.336 e. The second-order valence-electron chi connectivity index (χ2n) is 5.07. The van der Waals surface area contributed by atoms with Gasteiger partial charge in [0.15, 0.2) is 0 Å². The van der Waals surface area contributed by atoms with Gasteiger partial charge < -0.3 is 10.6 Å². The number of aromatic nitrogens is 1. The molecular formula is C17H21N3O. The van der Waals surface area contributed by atoms with Crippen molar-refractivity contribution in [1.82, 2.24) is 15.6 Å². The predicted octanol–water partition coefficient (Wildman–Crippen LogP) is 2.90. The second-order valence-corrected chi connectivity index (χ2v) is 5.07. The Balaban J connectivity index is 1.67. The summed E-state index contributed by atoms with van der Waals surface area (Å²) < 4.78 is 0. The molecule has 110 valence electrons. The first kappa shape index (κ1) is 15.0. The summed E-state index contributed by atoms with van der Waals surface area (Å²) in [6.07, 6.45) is 3.60. The molecule has 1 aromatic heterocycles. The van der Waals surface area contributed by atoms with Gasteiger partial charge in [0, 0.05) is 12.2 Å². The zero-order valence-electron chi connectivity index (χ0n) is 12.3. The zero-order chi connectivity index (χ0) is 14.9. The maximum absolute atomic E-state index is 11.8. The highest BCUT2D eigenvalue weighted by atomic mass is 16.2. The van der Waals surface area contributed by atoms with E-state index >= 15 is 0 Å². The third kappa shape index (κ3) is 5.65. The van der Waals surface area contributed by atoms with E-state index in [9.17, 15) is 4.79 Å². The summed E-state index contributed by atoms with van der Waals surface area (Å²) >= 11 is 0. The Kier molecular flexibility index (Phi) is 5.76. The molecule has 0 saturated carbocycles. The summed E-state index contributed by atoms with van der Waals surface area (Å²) in [6.45, 7) is 2.46. The predicted molar refractivity (Wildman–Crippen MR) is 83.8 cm³/mol. The van der Waals surface area contributed by atoms with Gasteiger partial charge in [0.2, 0.25) is 0 Å². The minimum Gasteiger partial charge on any atom is -0.336 e. The van der Waals surface area contributed by atoms with Crippen molar-refractivity contribution < 1.29 is 4.79 Å². The number of aryl methyl sites for hydroxylation is 1. The molecule has 1 aromatic carbocycles. The summed E-state index contributed by atoms with van der Waals surface area (Å²) in [5, 5.41) is 5.76. The number of pyridine rings is 1. The zero-order valence-corrected chi connectivity index (χ0v) is 12.3. The van der Waals surface area contributed by atoms with Crippen LogP contribution in [0, 0.1) is 0 Å². The van der Waals surface area contributed by atoms with Gasteiger partial charge in [-0.3, -0.25) is 4.98 Å². The van der Waals surface area contributed by atoms with Gasteiger partial charge in [0.25, 0.3) is 0 Å². The van der Waals surface area contributed by atoms with Gasteiger partial charge in [0.1, 0.15) is 0 Å². The lowest BCUT2D eigenvalue weighted by molar-refractivity contribution is 0.236. The van der Waals surface area contributed by atoms with Gasteiger partial charge in [-0.2, -0.15) is 0 Å². The number of nitrogens with one attached hydrogen (secondary N) is 2. The molecule has 0 saturated heterocycles. The first-order valence-electron chi connectivity index (χ1n) is 7.22. The van der Waals surface area contributed by atoms with Crippen LogP contribution in [0.2, 0.25) is 0 Å². The average Bonchev–Trinajstić information content (AvgIpc) is 2.53. The van der Waals surface area contributed by atoms with Gasteiger partial charge in [-0.1, -0.05) is 36.4 Å². The van der Waals surface area contributed by atoms with Gasteiger partial charge in [-0.15, -0.1) is 0 Å². The Morgan fingerprint density at radius 1 is 1.14 bits per heavy atom. The molecule has 0 aliphatic rings. The molecule has 0 aliphatic heterocycles. The fraction of sp³-hybridized carbons (Fsp3) is 0.294. The third-order valence-corrected chi connectivity index (χ3v) is 3.24. The van der Waals surface area contributed by atoms with Crippen LogP contribution in [-0.4, -0.2) is 17.1 Å². The molecule has 1 atom stereocenters. The van der Waals surface area contributed by atoms with Crippen LogP contribution in [-0.2, 0) is 13.0 Å². The second kappa shape index (κ2) is 8.04. The molecule has 2 rings (SSSR count). The van der Waals surface area contributed by atoms with E-state index in [0.29, 0.717) is 6.54 Å². The van der Waals surface area contributed by atoms with E-state index in [4.69, 9.17) is 0 Å². The van der Waals surface area contributed by atoms with Crippen LogP contribution in [0.4, 0.5) is 4.79 Å². The van der Waals surface area contributed by atoms with Gasteiger partial charge in [-0.05, 0) is 37.5 Å². The van der Waals surface area contributed by atoms with Crippen LogP contribution in [0.5, 0.6) is 0 Å². The lowest BCUT2D eigenvalue weighted by atomic mass is 10.1. The van der Waals surface area contributed by atoms with Crippen molar-refractivity contribution in [3.63, 3.8) is 0 Å². The topological polar surface area (TPSA) is 54.0 Å². The molecule has 0 aliphatic carbocycles. The molecular weight excluding hydrogens is 262 g/mol. The monoisotopic (exact) mass is 283 g/mol. The molecule has 2 amide bonds. The van der Waals surface area contributed by atoms with Crippen LogP contribution in [0.1, 0.15) is 24.6 Å². The Morgan fingerprint density at radius 3 is 2.62 bits per heavy atom. The molecule has 1 heterocycles. The van der Waals surface area contributed by atoms with E-state index in [1.807, 2.05) is 43.3 Å². The lowest BCUT2D eigenvalue weighted by Crippen LogP contribution is -2.40. The molecule has 4 heteroatoms. The molecule has 1 unspecified atom stereocenters. The van der Waals surface area contributed by atoms with Crippen LogP contribution in [0.3, 0.4) is 0 Å². The molecule has 0 fully saturated rings. The Bertz CT molecular complexity index is 542. The standard InChI is InChI=1S/C17H21N3O/c1-14(10-11-15-7-3-2-4-8-15)20-17(21)19-13-16-9-5-6-12-18-16/h2-9,12,14H,10-11,13H2,1H3,(H2,19,20,21). The normalized spacial score (nSPS) is 11.7. The Hall–Kier alpha value is -2.36. The smallest absolute Gasteiger partial charge is 0.315 e. The van der Waals surface area contributed by atoms with Crippen LogP contribution in [0.15, 0.2) is 54.7 Å². The quantitative estimate of drug-likeness (QED) is 0.856. The maximum Gasteiger partial charge on any atom is 0.315 e. The molecule has 2 aromatic rings. The number of carbonyl (C=O) groups is 1.